The smallest absolute Gasteiger partial charge is 0.255 e. The van der Waals surface area contributed by atoms with Gasteiger partial charge in [-0.1, -0.05) is 11.6 Å². The van der Waals surface area contributed by atoms with Crippen molar-refractivity contribution in [3.8, 4) is 0 Å². The number of benzene rings is 2. The fraction of sp³-hybridized carbons (Fsp3) is 0.300. The molecule has 2 aromatic carbocycles. The van der Waals surface area contributed by atoms with Crippen molar-refractivity contribution >= 4 is 34.2 Å². The number of amides is 1. The number of aliphatic hydroxyl groups excluding tert-OH is 4. The van der Waals surface area contributed by atoms with Crippen LogP contribution in [0.1, 0.15) is 22.3 Å². The number of aromatic nitrogens is 2. The number of hydrogen-bond donors (Lipinski definition) is 6. The first-order chi connectivity index (χ1) is 14.8. The third-order valence-corrected chi connectivity index (χ3v) is 5.39. The Bertz CT molecular complexity index is 1120. The molecule has 4 rings (SSSR count). The number of halogens is 2. The van der Waals surface area contributed by atoms with Crippen LogP contribution in [0.4, 0.5) is 10.1 Å². The number of H-pyrrole nitrogens is 1. The Morgan fingerprint density at radius 3 is 2.65 bits per heavy atom. The van der Waals surface area contributed by atoms with E-state index in [-0.39, 0.29) is 16.4 Å². The molecule has 9 nitrogen and oxygen atoms in total. The molecule has 1 amide bonds. The van der Waals surface area contributed by atoms with Crippen molar-refractivity contribution in [1.82, 2.24) is 9.97 Å². The van der Waals surface area contributed by atoms with E-state index in [4.69, 9.17) is 16.3 Å². The summed E-state index contributed by atoms with van der Waals surface area (Å²) >= 11 is 5.73. The summed E-state index contributed by atoms with van der Waals surface area (Å²) in [5.41, 5.74) is 1.52. The molecule has 1 saturated heterocycles. The van der Waals surface area contributed by atoms with Gasteiger partial charge in [0.2, 0.25) is 0 Å². The summed E-state index contributed by atoms with van der Waals surface area (Å²) in [6, 6.07) is 8.44. The van der Waals surface area contributed by atoms with E-state index in [0.717, 1.165) is 6.07 Å². The number of fused-ring (bicyclic) bond motifs is 1. The molecule has 0 bridgehead atoms. The van der Waals surface area contributed by atoms with E-state index in [2.05, 4.69) is 15.3 Å². The normalized spacial score (nSPS) is 26.2. The zero-order valence-electron chi connectivity index (χ0n) is 15.9. The molecule has 1 fully saturated rings. The molecule has 0 radical (unpaired) electrons. The largest absolute Gasteiger partial charge is 0.394 e. The van der Waals surface area contributed by atoms with Gasteiger partial charge in [-0.2, -0.15) is 0 Å². The molecule has 0 saturated carbocycles. The molecule has 1 aliphatic heterocycles. The molecule has 164 valence electrons. The second kappa shape index (κ2) is 8.50. The number of imidazole rings is 1. The Balaban J connectivity index is 1.58. The maximum Gasteiger partial charge on any atom is 0.255 e. The van der Waals surface area contributed by atoms with Crippen molar-refractivity contribution in [3.63, 3.8) is 0 Å². The number of aromatic amines is 1. The molecule has 0 spiro atoms. The summed E-state index contributed by atoms with van der Waals surface area (Å²) in [5.74, 6) is -0.900. The lowest BCUT2D eigenvalue weighted by atomic mass is 9.95. The van der Waals surface area contributed by atoms with Crippen molar-refractivity contribution < 1.29 is 34.3 Å². The summed E-state index contributed by atoms with van der Waals surface area (Å²) in [7, 11) is 0. The topological polar surface area (TPSA) is 148 Å². The van der Waals surface area contributed by atoms with E-state index in [1.54, 1.807) is 6.07 Å². The lowest BCUT2D eigenvalue weighted by Gasteiger charge is -2.39. The van der Waals surface area contributed by atoms with Crippen LogP contribution in [0.5, 0.6) is 0 Å². The zero-order chi connectivity index (χ0) is 22.3. The quantitative estimate of drug-likeness (QED) is 0.348. The second-order valence-electron chi connectivity index (χ2n) is 7.19. The average molecular weight is 452 g/mol. The highest BCUT2D eigenvalue weighted by Gasteiger charge is 2.45. The standard InChI is InChI=1S/C20H19ClFN3O6/c21-10-6-9(2-3-11(10)22)23-20(30)8-1-4-12-13(5-8)25-19(24-12)18-17(29)16(28)15(27)14(7-26)31-18/h1-6,14-18,26-29H,7H2,(H,23,30)(H,24,25)/t14-,15+,16+,17-,18-/m1/s1. The number of anilines is 1. The minimum absolute atomic E-state index is 0.119. The van der Waals surface area contributed by atoms with Crippen molar-refractivity contribution in [2.24, 2.45) is 0 Å². The Hall–Kier alpha value is -2.60. The van der Waals surface area contributed by atoms with Gasteiger partial charge < -0.3 is 35.5 Å². The molecule has 0 aliphatic carbocycles. The fourth-order valence-electron chi connectivity index (χ4n) is 3.41. The molecular formula is C20H19ClFN3O6. The van der Waals surface area contributed by atoms with Gasteiger partial charge in [0.15, 0.2) is 0 Å². The van der Waals surface area contributed by atoms with Gasteiger partial charge in [-0.05, 0) is 36.4 Å². The number of rotatable bonds is 4. The predicted molar refractivity (Wildman–Crippen MR) is 108 cm³/mol. The number of carbonyl (C=O) groups excluding carboxylic acids is 1. The van der Waals surface area contributed by atoms with E-state index in [9.17, 15) is 29.6 Å². The number of carbonyl (C=O) groups is 1. The monoisotopic (exact) mass is 451 g/mol. The van der Waals surface area contributed by atoms with Gasteiger partial charge in [0.05, 0.1) is 22.7 Å². The molecule has 1 aliphatic rings. The van der Waals surface area contributed by atoms with Crippen LogP contribution in [0, 0.1) is 5.82 Å². The number of hydrogen-bond acceptors (Lipinski definition) is 7. The maximum atomic E-state index is 13.3. The molecule has 2 heterocycles. The van der Waals surface area contributed by atoms with Gasteiger partial charge in [-0.3, -0.25) is 4.79 Å². The van der Waals surface area contributed by atoms with Crippen LogP contribution in [0.2, 0.25) is 5.02 Å². The Morgan fingerprint density at radius 2 is 1.94 bits per heavy atom. The van der Waals surface area contributed by atoms with E-state index >= 15 is 0 Å². The van der Waals surface area contributed by atoms with Gasteiger partial charge in [0.1, 0.15) is 42.2 Å². The molecule has 6 N–H and O–H groups in total. The first kappa shape index (κ1) is 21.6. The number of nitrogens with zero attached hydrogens (tertiary/aromatic N) is 1. The minimum atomic E-state index is -1.53. The van der Waals surface area contributed by atoms with Gasteiger partial charge in [-0.25, -0.2) is 9.37 Å². The highest BCUT2D eigenvalue weighted by atomic mass is 35.5. The van der Waals surface area contributed by atoms with Crippen molar-refractivity contribution in [3.05, 3.63) is 58.6 Å². The van der Waals surface area contributed by atoms with Gasteiger partial charge in [0, 0.05) is 11.3 Å². The zero-order valence-corrected chi connectivity index (χ0v) is 16.6. The van der Waals surface area contributed by atoms with Gasteiger partial charge >= 0.3 is 0 Å². The van der Waals surface area contributed by atoms with Crippen LogP contribution in [-0.2, 0) is 4.74 Å². The third kappa shape index (κ3) is 4.13. The van der Waals surface area contributed by atoms with Crippen LogP contribution in [0.3, 0.4) is 0 Å². The van der Waals surface area contributed by atoms with E-state index in [1.807, 2.05) is 0 Å². The molecule has 5 atom stereocenters. The third-order valence-electron chi connectivity index (χ3n) is 5.10. The summed E-state index contributed by atoms with van der Waals surface area (Å²) in [6.07, 6.45) is -6.68. The fourth-order valence-corrected chi connectivity index (χ4v) is 3.59. The molecular weight excluding hydrogens is 433 g/mol. The molecule has 0 unspecified atom stereocenters. The summed E-state index contributed by atoms with van der Waals surface area (Å²) in [5, 5.41) is 42.0. The Morgan fingerprint density at radius 1 is 1.16 bits per heavy atom. The molecule has 3 aromatic rings. The number of aliphatic hydroxyl groups is 4. The lowest BCUT2D eigenvalue weighted by molar-refractivity contribution is -0.233. The van der Waals surface area contributed by atoms with Gasteiger partial charge in [0.25, 0.3) is 5.91 Å². The van der Waals surface area contributed by atoms with Crippen LogP contribution in [0.25, 0.3) is 11.0 Å². The molecule has 1 aromatic heterocycles. The van der Waals surface area contributed by atoms with E-state index in [0.29, 0.717) is 16.7 Å². The molecule has 31 heavy (non-hydrogen) atoms. The first-order valence-electron chi connectivity index (χ1n) is 9.35. The van der Waals surface area contributed by atoms with Crippen LogP contribution >= 0.6 is 11.6 Å². The van der Waals surface area contributed by atoms with Crippen molar-refractivity contribution in [2.75, 3.05) is 11.9 Å². The highest BCUT2D eigenvalue weighted by molar-refractivity contribution is 6.31. The lowest BCUT2D eigenvalue weighted by Crippen LogP contribution is -2.55. The van der Waals surface area contributed by atoms with Crippen LogP contribution in [0.15, 0.2) is 36.4 Å². The van der Waals surface area contributed by atoms with E-state index < -0.39 is 48.9 Å². The van der Waals surface area contributed by atoms with Gasteiger partial charge in [-0.15, -0.1) is 0 Å². The SMILES string of the molecule is O=C(Nc1ccc(F)c(Cl)c1)c1ccc2nc([C@@H]3O[C@H](CO)[C@H](O)[C@H](O)[C@H]3O)[nH]c2c1. The summed E-state index contributed by atoms with van der Waals surface area (Å²) < 4.78 is 18.8. The predicted octanol–water partition coefficient (Wildman–Crippen LogP) is 1.12. The first-order valence-corrected chi connectivity index (χ1v) is 9.73. The maximum absolute atomic E-state index is 13.3. The second-order valence-corrected chi connectivity index (χ2v) is 7.59. The molecule has 11 heteroatoms. The van der Waals surface area contributed by atoms with Crippen molar-refractivity contribution in [2.45, 2.75) is 30.5 Å². The highest BCUT2D eigenvalue weighted by Crippen LogP contribution is 2.32. The van der Waals surface area contributed by atoms with Crippen LogP contribution < -0.4 is 5.32 Å². The number of ether oxygens (including phenoxy) is 1. The minimum Gasteiger partial charge on any atom is -0.394 e. The van der Waals surface area contributed by atoms with E-state index in [1.165, 1.54) is 24.3 Å². The Labute approximate surface area is 180 Å². The Kier molecular flexibility index (Phi) is 5.93. The summed E-state index contributed by atoms with van der Waals surface area (Å²) in [6.45, 7) is -0.556. The van der Waals surface area contributed by atoms with Crippen molar-refractivity contribution in [1.29, 1.82) is 0 Å². The van der Waals surface area contributed by atoms with Crippen LogP contribution in [-0.4, -0.2) is 67.3 Å². The summed E-state index contributed by atoms with van der Waals surface area (Å²) in [4.78, 5) is 19.8. The number of nitrogens with one attached hydrogen (secondary N) is 2. The average Bonchev–Trinajstić information content (AvgIpc) is 3.18.